The lowest BCUT2D eigenvalue weighted by Gasteiger charge is -2.29. The first-order chi connectivity index (χ1) is 13.1. The molecule has 1 aromatic rings. The van der Waals surface area contributed by atoms with Gasteiger partial charge in [0.2, 0.25) is 0 Å². The number of esters is 1. The van der Waals surface area contributed by atoms with Crippen molar-refractivity contribution in [1.29, 1.82) is 0 Å². The highest BCUT2D eigenvalue weighted by atomic mass is 19.3. The zero-order valence-electron chi connectivity index (χ0n) is 16.2. The summed E-state index contributed by atoms with van der Waals surface area (Å²) in [6.45, 7) is 2.15. The molecule has 3 atom stereocenters. The molecule has 0 aromatic heterocycles. The van der Waals surface area contributed by atoms with Crippen molar-refractivity contribution in [2.24, 2.45) is 5.41 Å². The molecule has 0 radical (unpaired) electrons. The van der Waals surface area contributed by atoms with Crippen molar-refractivity contribution in [1.82, 2.24) is 4.90 Å². The molecule has 0 N–H and O–H groups in total. The predicted octanol–water partition coefficient (Wildman–Crippen LogP) is 3.74. The minimum Gasteiger partial charge on any atom is -0.459 e. The van der Waals surface area contributed by atoms with Crippen LogP contribution in [-0.4, -0.2) is 47.9 Å². The van der Waals surface area contributed by atoms with Gasteiger partial charge in [-0.15, -0.1) is 0 Å². The topological polar surface area (TPSA) is 65.1 Å². The number of fused-ring (bicyclic) bond motifs is 1. The molecule has 2 aliphatic rings. The Bertz CT molecular complexity index is 721. The summed E-state index contributed by atoms with van der Waals surface area (Å²) in [5.41, 5.74) is -0.572. The molecule has 1 aliphatic carbocycles. The fourth-order valence-corrected chi connectivity index (χ4v) is 3.67. The Hall–Kier alpha value is -2.22. The van der Waals surface area contributed by atoms with E-state index in [1.807, 2.05) is 30.3 Å². The Morgan fingerprint density at radius 3 is 2.50 bits per heavy atom. The van der Waals surface area contributed by atoms with Gasteiger partial charge in [0, 0.05) is 11.5 Å². The van der Waals surface area contributed by atoms with Crippen LogP contribution in [0.4, 0.5) is 13.6 Å². The summed E-state index contributed by atoms with van der Waals surface area (Å²) in [6.07, 6.45) is 0.0779. The lowest BCUT2D eigenvalue weighted by molar-refractivity contribution is -0.151. The molecule has 1 heterocycles. The van der Waals surface area contributed by atoms with Gasteiger partial charge in [0.05, 0.1) is 6.61 Å². The van der Waals surface area contributed by atoms with Crippen molar-refractivity contribution in [2.45, 2.75) is 64.5 Å². The van der Waals surface area contributed by atoms with Crippen LogP contribution in [0, 0.1) is 5.41 Å². The van der Waals surface area contributed by atoms with Crippen molar-refractivity contribution in [3.63, 3.8) is 0 Å². The standard InChI is InChI=1S/C20H25F2NO5/c1-19(2,3)28-18(25)23-14(9-20(10-15(20)23)12-27-17(21)22)16(24)26-11-13-7-5-4-6-8-13/h4-8,14-15,17H,9-12H2,1-3H3/t14-,15+,20-/m0/s1. The second kappa shape index (κ2) is 7.66. The van der Waals surface area contributed by atoms with Gasteiger partial charge in [0.15, 0.2) is 0 Å². The molecule has 8 heteroatoms. The van der Waals surface area contributed by atoms with Crippen LogP contribution in [-0.2, 0) is 25.6 Å². The maximum Gasteiger partial charge on any atom is 0.411 e. The molecule has 1 amide bonds. The van der Waals surface area contributed by atoms with Gasteiger partial charge in [-0.3, -0.25) is 4.90 Å². The Kier molecular flexibility index (Phi) is 5.61. The third-order valence-corrected chi connectivity index (χ3v) is 5.02. The third-order valence-electron chi connectivity index (χ3n) is 5.02. The zero-order chi connectivity index (χ0) is 20.5. The molecule has 28 heavy (non-hydrogen) atoms. The number of likely N-dealkylation sites (tertiary alicyclic amines) is 1. The minimum absolute atomic E-state index is 0.0729. The van der Waals surface area contributed by atoms with Crippen LogP contribution in [0.3, 0.4) is 0 Å². The van der Waals surface area contributed by atoms with Crippen LogP contribution in [0.5, 0.6) is 0 Å². The van der Waals surface area contributed by atoms with E-state index in [2.05, 4.69) is 4.74 Å². The number of amides is 1. The van der Waals surface area contributed by atoms with Crippen LogP contribution in [0.15, 0.2) is 30.3 Å². The Balaban J connectivity index is 1.70. The van der Waals surface area contributed by atoms with E-state index >= 15 is 0 Å². The number of nitrogens with zero attached hydrogens (tertiary/aromatic N) is 1. The Morgan fingerprint density at radius 1 is 1.21 bits per heavy atom. The number of alkyl halides is 2. The van der Waals surface area contributed by atoms with Crippen molar-refractivity contribution in [2.75, 3.05) is 6.61 Å². The highest BCUT2D eigenvalue weighted by Gasteiger charge is 2.68. The maximum atomic E-state index is 12.7. The number of hydrogen-bond acceptors (Lipinski definition) is 5. The number of piperidine rings is 1. The van der Waals surface area contributed by atoms with E-state index in [1.165, 1.54) is 4.90 Å². The van der Waals surface area contributed by atoms with E-state index in [0.29, 0.717) is 6.42 Å². The summed E-state index contributed by atoms with van der Waals surface area (Å²) in [7, 11) is 0. The van der Waals surface area contributed by atoms with Crippen LogP contribution >= 0.6 is 0 Å². The third kappa shape index (κ3) is 4.60. The monoisotopic (exact) mass is 397 g/mol. The van der Waals surface area contributed by atoms with Gasteiger partial charge in [-0.05, 0) is 39.2 Å². The normalized spacial score (nSPS) is 26.1. The van der Waals surface area contributed by atoms with E-state index in [1.54, 1.807) is 20.8 Å². The van der Waals surface area contributed by atoms with Gasteiger partial charge in [-0.2, -0.15) is 8.78 Å². The van der Waals surface area contributed by atoms with E-state index in [9.17, 15) is 18.4 Å². The summed E-state index contributed by atoms with van der Waals surface area (Å²) in [4.78, 5) is 26.7. The first kappa shape index (κ1) is 20.5. The zero-order valence-corrected chi connectivity index (χ0v) is 16.2. The first-order valence-electron chi connectivity index (χ1n) is 9.23. The SMILES string of the molecule is CC(C)(C)OC(=O)N1[C@H](C(=O)OCc2ccccc2)C[C@@]2(COC(F)F)C[C@@H]12. The summed E-state index contributed by atoms with van der Waals surface area (Å²) >= 11 is 0. The van der Waals surface area contributed by atoms with Crippen molar-refractivity contribution in [3.05, 3.63) is 35.9 Å². The highest BCUT2D eigenvalue weighted by Crippen LogP contribution is 2.60. The van der Waals surface area contributed by atoms with Crippen LogP contribution < -0.4 is 0 Å². The summed E-state index contributed by atoms with van der Waals surface area (Å²) < 4.78 is 40.3. The number of hydrogen-bond donors (Lipinski definition) is 0. The van der Waals surface area contributed by atoms with Crippen molar-refractivity contribution < 1.29 is 32.6 Å². The number of ether oxygens (including phenoxy) is 3. The fourth-order valence-electron chi connectivity index (χ4n) is 3.67. The van der Waals surface area contributed by atoms with Gasteiger partial charge in [-0.1, -0.05) is 30.3 Å². The van der Waals surface area contributed by atoms with Crippen LogP contribution in [0.2, 0.25) is 0 Å². The molecule has 6 nitrogen and oxygen atoms in total. The average molecular weight is 397 g/mol. The largest absolute Gasteiger partial charge is 0.459 e. The molecule has 1 saturated heterocycles. The van der Waals surface area contributed by atoms with E-state index in [4.69, 9.17) is 9.47 Å². The van der Waals surface area contributed by atoms with E-state index in [0.717, 1.165) is 5.56 Å². The lowest BCUT2D eigenvalue weighted by Crippen LogP contribution is -2.46. The molecule has 2 fully saturated rings. The fraction of sp³-hybridized carbons (Fsp3) is 0.600. The van der Waals surface area contributed by atoms with Gasteiger partial charge in [0.25, 0.3) is 0 Å². The quantitative estimate of drug-likeness (QED) is 0.685. The summed E-state index contributed by atoms with van der Waals surface area (Å²) in [5.74, 6) is -0.571. The predicted molar refractivity (Wildman–Crippen MR) is 95.5 cm³/mol. The number of benzene rings is 1. The van der Waals surface area contributed by atoms with Crippen LogP contribution in [0.1, 0.15) is 39.2 Å². The highest BCUT2D eigenvalue weighted by molar-refractivity contribution is 5.83. The smallest absolute Gasteiger partial charge is 0.411 e. The van der Waals surface area contributed by atoms with E-state index < -0.39 is 35.7 Å². The summed E-state index contributed by atoms with van der Waals surface area (Å²) in [5, 5.41) is 0. The second-order valence-corrected chi connectivity index (χ2v) is 8.35. The molecular formula is C20H25F2NO5. The van der Waals surface area contributed by atoms with Crippen molar-refractivity contribution in [3.8, 4) is 0 Å². The van der Waals surface area contributed by atoms with Gasteiger partial charge < -0.3 is 14.2 Å². The molecule has 3 rings (SSSR count). The number of carbonyl (C=O) groups excluding carboxylic acids is 2. The Labute approximate surface area is 162 Å². The van der Waals surface area contributed by atoms with E-state index in [-0.39, 0.29) is 25.7 Å². The number of carbonyl (C=O) groups is 2. The number of halogens is 2. The molecule has 1 aliphatic heterocycles. The molecule has 0 unspecified atom stereocenters. The average Bonchev–Trinajstić information content (AvgIpc) is 3.21. The molecule has 154 valence electrons. The van der Waals surface area contributed by atoms with Gasteiger partial charge >= 0.3 is 18.7 Å². The molecule has 0 spiro atoms. The molecule has 0 bridgehead atoms. The molecule has 1 saturated carbocycles. The molecule has 1 aromatic carbocycles. The van der Waals surface area contributed by atoms with Gasteiger partial charge in [0.1, 0.15) is 18.2 Å². The summed E-state index contributed by atoms with van der Waals surface area (Å²) in [6, 6.07) is 7.92. The lowest BCUT2D eigenvalue weighted by atomic mass is 10.0. The second-order valence-electron chi connectivity index (χ2n) is 8.35. The number of rotatable bonds is 6. The maximum absolute atomic E-state index is 12.7. The molecular weight excluding hydrogens is 372 g/mol. The Morgan fingerprint density at radius 2 is 1.89 bits per heavy atom. The first-order valence-corrected chi connectivity index (χ1v) is 9.23. The van der Waals surface area contributed by atoms with Crippen LogP contribution in [0.25, 0.3) is 0 Å². The van der Waals surface area contributed by atoms with Crippen molar-refractivity contribution >= 4 is 12.1 Å². The minimum atomic E-state index is -2.89. The van der Waals surface area contributed by atoms with Gasteiger partial charge in [-0.25, -0.2) is 9.59 Å².